The van der Waals surface area contributed by atoms with Crippen LogP contribution in [-0.4, -0.2) is 72.9 Å². The minimum Gasteiger partial charge on any atom is -0.462 e. The molecule has 0 N–H and O–H groups in total. The summed E-state index contributed by atoms with van der Waals surface area (Å²) >= 11 is 0. The highest BCUT2D eigenvalue weighted by atomic mass is 16.6. The van der Waals surface area contributed by atoms with Gasteiger partial charge in [0.15, 0.2) is 12.2 Å². The molecular weight excluding hydrogens is 432 g/mol. The molecule has 1 aliphatic rings. The first-order chi connectivity index (χ1) is 14.8. The summed E-state index contributed by atoms with van der Waals surface area (Å²) in [5.41, 5.74) is 0. The summed E-state index contributed by atoms with van der Waals surface area (Å²) < 4.78 is 31.5. The van der Waals surface area contributed by atoms with E-state index in [1.807, 2.05) is 0 Å². The first-order valence-corrected chi connectivity index (χ1v) is 9.81. The van der Waals surface area contributed by atoms with Crippen molar-refractivity contribution < 1.29 is 57.2 Å². The summed E-state index contributed by atoms with van der Waals surface area (Å²) in [5.74, 6) is -5.38. The third-order valence-corrected chi connectivity index (χ3v) is 4.41. The lowest BCUT2D eigenvalue weighted by Gasteiger charge is -2.45. The maximum Gasteiger partial charge on any atom is 0.303 e. The predicted octanol–water partition coefficient (Wildman–Crippen LogP) is 0.228. The molecule has 12 nitrogen and oxygen atoms in total. The predicted molar refractivity (Wildman–Crippen MR) is 103 cm³/mol. The van der Waals surface area contributed by atoms with Crippen molar-refractivity contribution in [2.75, 3.05) is 6.61 Å². The molecule has 0 unspecified atom stereocenters. The Balaban J connectivity index is 3.52. The van der Waals surface area contributed by atoms with Crippen LogP contribution in [0.2, 0.25) is 0 Å². The zero-order valence-electron chi connectivity index (χ0n) is 18.8. The minimum atomic E-state index is -1.40. The Labute approximate surface area is 184 Å². The molecule has 0 aromatic carbocycles. The van der Waals surface area contributed by atoms with Crippen LogP contribution in [0, 0.1) is 5.92 Å². The number of carbonyl (C=O) groups is 6. The van der Waals surface area contributed by atoms with Crippen molar-refractivity contribution in [1.82, 2.24) is 0 Å². The molecule has 180 valence electrons. The van der Waals surface area contributed by atoms with Crippen LogP contribution < -0.4 is 0 Å². The van der Waals surface area contributed by atoms with E-state index in [2.05, 4.69) is 0 Å². The fraction of sp³-hybridized carbons (Fsp3) is 0.700. The number of rotatable bonds is 8. The van der Waals surface area contributed by atoms with Gasteiger partial charge in [0.25, 0.3) is 0 Å². The topological polar surface area (TPSA) is 158 Å². The first-order valence-electron chi connectivity index (χ1n) is 9.81. The second-order valence-corrected chi connectivity index (χ2v) is 7.22. The quantitative estimate of drug-likeness (QED) is 0.359. The van der Waals surface area contributed by atoms with Gasteiger partial charge in [0.1, 0.15) is 24.9 Å². The molecule has 32 heavy (non-hydrogen) atoms. The van der Waals surface area contributed by atoms with E-state index in [-0.39, 0.29) is 6.42 Å². The van der Waals surface area contributed by atoms with E-state index in [9.17, 15) is 28.8 Å². The average molecular weight is 460 g/mol. The van der Waals surface area contributed by atoms with Gasteiger partial charge in [0.2, 0.25) is 0 Å². The number of carbonyl (C=O) groups excluding carboxylic acids is 6. The van der Waals surface area contributed by atoms with Crippen molar-refractivity contribution in [2.24, 2.45) is 5.92 Å². The molecule has 1 rings (SSSR count). The van der Waals surface area contributed by atoms with E-state index in [0.717, 1.165) is 41.5 Å². The van der Waals surface area contributed by atoms with E-state index >= 15 is 0 Å². The van der Waals surface area contributed by atoms with Gasteiger partial charge < -0.3 is 28.4 Å². The van der Waals surface area contributed by atoms with Gasteiger partial charge in [-0.25, -0.2) is 0 Å². The number of hydrogen-bond donors (Lipinski definition) is 0. The van der Waals surface area contributed by atoms with Crippen LogP contribution in [0.15, 0.2) is 0 Å². The van der Waals surface area contributed by atoms with Crippen LogP contribution in [0.5, 0.6) is 0 Å². The second kappa shape index (κ2) is 12.0. The molecule has 0 spiro atoms. The summed E-state index contributed by atoms with van der Waals surface area (Å²) in [6.07, 6.45) is -6.44. The molecule has 1 fully saturated rings. The largest absolute Gasteiger partial charge is 0.462 e. The van der Waals surface area contributed by atoms with Gasteiger partial charge in [-0.2, -0.15) is 0 Å². The lowest BCUT2D eigenvalue weighted by Crippen LogP contribution is -2.61. The normalized spacial score (nSPS) is 25.5. The van der Waals surface area contributed by atoms with Crippen LogP contribution in [0.1, 0.15) is 48.0 Å². The van der Waals surface area contributed by atoms with Crippen molar-refractivity contribution in [3.63, 3.8) is 0 Å². The molecular formula is C20H28O12. The van der Waals surface area contributed by atoms with Gasteiger partial charge in [0, 0.05) is 47.5 Å². The molecule has 0 bridgehead atoms. The average Bonchev–Trinajstić information content (AvgIpc) is 2.61. The summed E-state index contributed by atoms with van der Waals surface area (Å²) in [6.45, 7) is 6.28. The highest BCUT2D eigenvalue weighted by Crippen LogP contribution is 2.37. The lowest BCUT2D eigenvalue weighted by molar-refractivity contribution is -0.228. The zero-order chi connectivity index (χ0) is 24.6. The van der Waals surface area contributed by atoms with E-state index in [4.69, 9.17) is 28.4 Å². The summed E-state index contributed by atoms with van der Waals surface area (Å²) in [7, 11) is 0. The van der Waals surface area contributed by atoms with Crippen LogP contribution in [-0.2, 0) is 57.2 Å². The maximum atomic E-state index is 11.8. The fourth-order valence-corrected chi connectivity index (χ4v) is 3.53. The third-order valence-electron chi connectivity index (χ3n) is 4.41. The fourth-order valence-electron chi connectivity index (χ4n) is 3.53. The van der Waals surface area contributed by atoms with E-state index < -0.39 is 78.9 Å². The summed E-state index contributed by atoms with van der Waals surface area (Å²) in [6, 6.07) is 0. The van der Waals surface area contributed by atoms with Crippen molar-refractivity contribution in [3.8, 4) is 0 Å². The van der Waals surface area contributed by atoms with E-state index in [1.165, 1.54) is 0 Å². The minimum absolute atomic E-state index is 0.132. The molecule has 0 aromatic heterocycles. The van der Waals surface area contributed by atoms with Gasteiger partial charge in [-0.05, 0) is 6.42 Å². The van der Waals surface area contributed by atoms with E-state index in [1.54, 1.807) is 0 Å². The van der Waals surface area contributed by atoms with Crippen LogP contribution in [0.4, 0.5) is 0 Å². The van der Waals surface area contributed by atoms with Crippen LogP contribution in [0.3, 0.4) is 0 Å². The molecule has 12 heteroatoms. The van der Waals surface area contributed by atoms with Gasteiger partial charge in [-0.3, -0.25) is 28.8 Å². The Morgan fingerprint density at radius 3 is 1.53 bits per heavy atom. The molecule has 1 saturated carbocycles. The Hall–Kier alpha value is -3.18. The highest BCUT2D eigenvalue weighted by Gasteiger charge is 2.55. The van der Waals surface area contributed by atoms with Crippen molar-refractivity contribution >= 4 is 35.8 Å². The second-order valence-electron chi connectivity index (χ2n) is 7.22. The highest BCUT2D eigenvalue weighted by molar-refractivity contribution is 5.69. The molecule has 0 aliphatic heterocycles. The first kappa shape index (κ1) is 26.9. The van der Waals surface area contributed by atoms with Crippen LogP contribution >= 0.6 is 0 Å². The number of ether oxygens (including phenoxy) is 6. The smallest absolute Gasteiger partial charge is 0.303 e. The molecule has 6 atom stereocenters. The van der Waals surface area contributed by atoms with Gasteiger partial charge in [0.05, 0.1) is 0 Å². The van der Waals surface area contributed by atoms with Gasteiger partial charge in [-0.1, -0.05) is 0 Å². The van der Waals surface area contributed by atoms with Crippen molar-refractivity contribution in [3.05, 3.63) is 0 Å². The third kappa shape index (κ3) is 8.52. The van der Waals surface area contributed by atoms with Gasteiger partial charge in [-0.15, -0.1) is 0 Å². The Kier molecular flexibility index (Phi) is 10.1. The van der Waals surface area contributed by atoms with E-state index in [0.29, 0.717) is 0 Å². The molecule has 1 aliphatic carbocycles. The Morgan fingerprint density at radius 2 is 1.09 bits per heavy atom. The maximum absolute atomic E-state index is 11.8. The van der Waals surface area contributed by atoms with Crippen molar-refractivity contribution in [1.29, 1.82) is 0 Å². The Bertz CT molecular complexity index is 731. The molecule has 0 amide bonds. The molecule has 0 radical (unpaired) electrons. The SMILES string of the molecule is CC(=O)OC[C@H](OC(C)=O)[C@@H]1C[C@@H](OC(C)=O)[C@@H](OC(C)=O)[C@H](OC(C)=O)[C@@H]1OC(C)=O. The summed E-state index contributed by atoms with van der Waals surface area (Å²) in [4.78, 5) is 70.1. The summed E-state index contributed by atoms with van der Waals surface area (Å²) in [5, 5.41) is 0. The Morgan fingerprint density at radius 1 is 0.625 bits per heavy atom. The molecule has 0 saturated heterocycles. The lowest BCUT2D eigenvalue weighted by atomic mass is 9.77. The molecule has 0 heterocycles. The standard InChI is InChI=1S/C20H28O12/c1-9(21)27-8-17(29-11(3)23)15-7-16(28-10(2)22)19(31-13(5)25)20(32-14(6)26)18(15)30-12(4)24/h15-20H,7-8H2,1-6H3/t15-,16+,17-,18+,19+,20+/m0/s1. The molecule has 0 aromatic rings. The van der Waals surface area contributed by atoms with Gasteiger partial charge >= 0.3 is 35.8 Å². The zero-order valence-corrected chi connectivity index (χ0v) is 18.8. The van der Waals surface area contributed by atoms with Crippen molar-refractivity contribution in [2.45, 2.75) is 78.5 Å². The number of hydrogen-bond acceptors (Lipinski definition) is 12. The number of esters is 6. The monoisotopic (exact) mass is 460 g/mol. The van der Waals surface area contributed by atoms with Crippen LogP contribution in [0.25, 0.3) is 0 Å².